The highest BCUT2D eigenvalue weighted by atomic mass is 35.5. The first-order chi connectivity index (χ1) is 7.90. The first-order valence-electron chi connectivity index (χ1n) is 5.34. The molecule has 2 atom stereocenters. The monoisotopic (exact) mass is 275 g/mol. The van der Waals surface area contributed by atoms with E-state index in [2.05, 4.69) is 5.32 Å². The standard InChI is InChI=1S/C12H15Cl2NO2/c1-7(5-8(2)16)15-12(17)10-4-3-9(13)6-11(10)14/h3-4,6-8,16H,5H2,1-2H3,(H,15,17). The molecule has 2 unspecified atom stereocenters. The fourth-order valence-electron chi connectivity index (χ4n) is 1.55. The van der Waals surface area contributed by atoms with Crippen LogP contribution in [0.15, 0.2) is 18.2 Å². The number of rotatable bonds is 4. The highest BCUT2D eigenvalue weighted by Gasteiger charge is 2.14. The molecule has 0 bridgehead atoms. The number of aliphatic hydroxyl groups excluding tert-OH is 1. The van der Waals surface area contributed by atoms with Crippen LogP contribution >= 0.6 is 23.2 Å². The van der Waals surface area contributed by atoms with Gasteiger partial charge in [0.25, 0.3) is 5.91 Å². The lowest BCUT2D eigenvalue weighted by Crippen LogP contribution is -2.34. The molecule has 3 nitrogen and oxygen atoms in total. The van der Waals surface area contributed by atoms with Crippen LogP contribution in [0, 0.1) is 0 Å². The van der Waals surface area contributed by atoms with Gasteiger partial charge in [-0.25, -0.2) is 0 Å². The summed E-state index contributed by atoms with van der Waals surface area (Å²) in [5.41, 5.74) is 0.383. The largest absolute Gasteiger partial charge is 0.393 e. The number of benzene rings is 1. The zero-order valence-corrected chi connectivity index (χ0v) is 11.2. The van der Waals surface area contributed by atoms with Gasteiger partial charge in [-0.1, -0.05) is 23.2 Å². The molecule has 0 aromatic heterocycles. The second-order valence-corrected chi connectivity index (χ2v) is 4.93. The Morgan fingerprint density at radius 1 is 1.41 bits per heavy atom. The fraction of sp³-hybridized carbons (Fsp3) is 0.417. The van der Waals surface area contributed by atoms with Gasteiger partial charge in [0.2, 0.25) is 0 Å². The van der Waals surface area contributed by atoms with Gasteiger partial charge in [0.15, 0.2) is 0 Å². The van der Waals surface area contributed by atoms with E-state index in [1.165, 1.54) is 6.07 Å². The molecule has 1 rings (SSSR count). The molecule has 0 spiro atoms. The summed E-state index contributed by atoms with van der Waals surface area (Å²) in [7, 11) is 0. The van der Waals surface area contributed by atoms with Crippen molar-refractivity contribution in [3.63, 3.8) is 0 Å². The number of amides is 1. The first kappa shape index (κ1) is 14.3. The number of aliphatic hydroxyl groups is 1. The highest BCUT2D eigenvalue weighted by Crippen LogP contribution is 2.21. The van der Waals surface area contributed by atoms with Crippen molar-refractivity contribution in [2.45, 2.75) is 32.4 Å². The Kier molecular flexibility index (Phi) is 5.25. The minimum absolute atomic E-state index is 0.116. The molecule has 17 heavy (non-hydrogen) atoms. The summed E-state index contributed by atoms with van der Waals surface area (Å²) in [6.07, 6.45) is 0.0442. The predicted molar refractivity (Wildman–Crippen MR) is 69.7 cm³/mol. The quantitative estimate of drug-likeness (QED) is 0.888. The Morgan fingerprint density at radius 2 is 2.06 bits per heavy atom. The summed E-state index contributed by atoms with van der Waals surface area (Å²) >= 11 is 11.7. The minimum Gasteiger partial charge on any atom is -0.393 e. The molecule has 0 fully saturated rings. The summed E-state index contributed by atoms with van der Waals surface area (Å²) in [5, 5.41) is 12.8. The Morgan fingerprint density at radius 3 is 2.59 bits per heavy atom. The predicted octanol–water partition coefficient (Wildman–Crippen LogP) is 2.88. The van der Waals surface area contributed by atoms with Crippen molar-refractivity contribution in [2.24, 2.45) is 0 Å². The van der Waals surface area contributed by atoms with Crippen molar-refractivity contribution in [1.82, 2.24) is 5.32 Å². The molecule has 1 aromatic carbocycles. The van der Waals surface area contributed by atoms with Gasteiger partial charge in [0, 0.05) is 11.1 Å². The van der Waals surface area contributed by atoms with E-state index in [1.54, 1.807) is 19.1 Å². The Labute approximate surface area is 111 Å². The Balaban J connectivity index is 2.70. The van der Waals surface area contributed by atoms with E-state index in [0.717, 1.165) is 0 Å². The van der Waals surface area contributed by atoms with E-state index < -0.39 is 6.10 Å². The van der Waals surface area contributed by atoms with Crippen LogP contribution in [0.5, 0.6) is 0 Å². The molecule has 94 valence electrons. The van der Waals surface area contributed by atoms with E-state index >= 15 is 0 Å². The second kappa shape index (κ2) is 6.24. The molecule has 5 heteroatoms. The zero-order chi connectivity index (χ0) is 13.0. The minimum atomic E-state index is -0.453. The van der Waals surface area contributed by atoms with Crippen LogP contribution in [0.2, 0.25) is 10.0 Å². The van der Waals surface area contributed by atoms with Crippen LogP contribution < -0.4 is 5.32 Å². The maximum Gasteiger partial charge on any atom is 0.253 e. The van der Waals surface area contributed by atoms with Crippen molar-refractivity contribution in [3.05, 3.63) is 33.8 Å². The zero-order valence-electron chi connectivity index (χ0n) is 9.71. The molecular formula is C12H15Cl2NO2. The Bertz CT molecular complexity index is 407. The number of carbonyl (C=O) groups is 1. The van der Waals surface area contributed by atoms with Gasteiger partial charge in [-0.3, -0.25) is 4.79 Å². The first-order valence-corrected chi connectivity index (χ1v) is 6.09. The van der Waals surface area contributed by atoms with Crippen molar-refractivity contribution in [1.29, 1.82) is 0 Å². The average Bonchev–Trinajstić information content (AvgIpc) is 2.15. The molecule has 1 amide bonds. The molecule has 0 heterocycles. The van der Waals surface area contributed by atoms with E-state index in [-0.39, 0.29) is 11.9 Å². The normalized spacial score (nSPS) is 14.2. The molecular weight excluding hydrogens is 261 g/mol. The van der Waals surface area contributed by atoms with Gasteiger partial charge in [-0.05, 0) is 38.5 Å². The lowest BCUT2D eigenvalue weighted by atomic mass is 10.1. The third-order valence-electron chi connectivity index (χ3n) is 2.25. The lowest BCUT2D eigenvalue weighted by Gasteiger charge is -2.15. The van der Waals surface area contributed by atoms with Gasteiger partial charge in [-0.15, -0.1) is 0 Å². The maximum absolute atomic E-state index is 11.8. The molecule has 1 aromatic rings. The van der Waals surface area contributed by atoms with Gasteiger partial charge in [0.05, 0.1) is 16.7 Å². The van der Waals surface area contributed by atoms with Crippen molar-refractivity contribution >= 4 is 29.1 Å². The molecule has 2 N–H and O–H groups in total. The van der Waals surface area contributed by atoms with Crippen LogP contribution in [0.4, 0.5) is 0 Å². The molecule has 0 aliphatic heterocycles. The highest BCUT2D eigenvalue weighted by molar-refractivity contribution is 6.36. The lowest BCUT2D eigenvalue weighted by molar-refractivity contribution is 0.0923. The summed E-state index contributed by atoms with van der Waals surface area (Å²) in [4.78, 5) is 11.8. The van der Waals surface area contributed by atoms with Crippen molar-refractivity contribution in [2.75, 3.05) is 0 Å². The topological polar surface area (TPSA) is 49.3 Å². The van der Waals surface area contributed by atoms with Crippen LogP contribution in [-0.2, 0) is 0 Å². The average molecular weight is 276 g/mol. The smallest absolute Gasteiger partial charge is 0.253 e. The molecule has 0 saturated carbocycles. The third-order valence-corrected chi connectivity index (χ3v) is 2.80. The number of hydrogen-bond acceptors (Lipinski definition) is 2. The molecule has 0 saturated heterocycles. The summed E-state index contributed by atoms with van der Waals surface area (Å²) in [5.74, 6) is -0.264. The number of halogens is 2. The molecule has 0 aliphatic carbocycles. The SMILES string of the molecule is CC(O)CC(C)NC(=O)c1ccc(Cl)cc1Cl. The fourth-order valence-corrected chi connectivity index (χ4v) is 2.04. The Hall–Kier alpha value is -0.770. The summed E-state index contributed by atoms with van der Waals surface area (Å²) in [6.45, 7) is 3.51. The summed E-state index contributed by atoms with van der Waals surface area (Å²) in [6, 6.07) is 4.60. The number of nitrogens with one attached hydrogen (secondary N) is 1. The van der Waals surface area contributed by atoms with Crippen LogP contribution in [-0.4, -0.2) is 23.2 Å². The van der Waals surface area contributed by atoms with Gasteiger partial charge in [0.1, 0.15) is 0 Å². The van der Waals surface area contributed by atoms with E-state index in [1.807, 2.05) is 6.92 Å². The van der Waals surface area contributed by atoms with Crippen molar-refractivity contribution in [3.8, 4) is 0 Å². The van der Waals surface area contributed by atoms with Crippen LogP contribution in [0.3, 0.4) is 0 Å². The number of carbonyl (C=O) groups excluding carboxylic acids is 1. The van der Waals surface area contributed by atoms with Gasteiger partial charge in [-0.2, -0.15) is 0 Å². The van der Waals surface area contributed by atoms with E-state index in [9.17, 15) is 9.90 Å². The maximum atomic E-state index is 11.8. The van der Waals surface area contributed by atoms with Crippen LogP contribution in [0.25, 0.3) is 0 Å². The second-order valence-electron chi connectivity index (χ2n) is 4.08. The summed E-state index contributed by atoms with van der Waals surface area (Å²) < 4.78 is 0. The van der Waals surface area contributed by atoms with Gasteiger partial charge >= 0.3 is 0 Å². The van der Waals surface area contributed by atoms with E-state index in [4.69, 9.17) is 23.2 Å². The van der Waals surface area contributed by atoms with E-state index in [0.29, 0.717) is 22.0 Å². The number of hydrogen-bond donors (Lipinski definition) is 2. The third kappa shape index (κ3) is 4.54. The molecule has 0 aliphatic rings. The van der Waals surface area contributed by atoms with Gasteiger partial charge < -0.3 is 10.4 Å². The molecule has 0 radical (unpaired) electrons. The van der Waals surface area contributed by atoms with Crippen LogP contribution in [0.1, 0.15) is 30.6 Å². The van der Waals surface area contributed by atoms with Crippen molar-refractivity contribution < 1.29 is 9.90 Å².